The number of halogens is 2. The molecule has 0 saturated heterocycles. The van der Waals surface area contributed by atoms with Crippen LogP contribution < -0.4 is 5.32 Å². The molecule has 1 aromatic heterocycles. The van der Waals surface area contributed by atoms with Crippen LogP contribution in [0.15, 0.2) is 29.0 Å². The molecule has 24 heavy (non-hydrogen) atoms. The lowest BCUT2D eigenvalue weighted by atomic mass is 9.82. The van der Waals surface area contributed by atoms with Gasteiger partial charge in [0.1, 0.15) is 4.60 Å². The second kappa shape index (κ2) is 5.37. The first kappa shape index (κ1) is 15.7. The van der Waals surface area contributed by atoms with Gasteiger partial charge in [-0.25, -0.2) is 9.37 Å². The molecule has 0 aliphatic heterocycles. The molecule has 0 aromatic carbocycles. The predicted octanol–water partition coefficient (Wildman–Crippen LogP) is 2.92. The Labute approximate surface area is 146 Å². The minimum Gasteiger partial charge on any atom is -0.469 e. The van der Waals surface area contributed by atoms with E-state index in [1.165, 1.54) is 19.4 Å². The summed E-state index contributed by atoms with van der Waals surface area (Å²) in [5.74, 6) is -2.04. The molecule has 1 heterocycles. The fraction of sp³-hybridized carbons (Fsp3) is 0.471. The van der Waals surface area contributed by atoms with Gasteiger partial charge in [0.05, 0.1) is 30.8 Å². The molecular weight excluding hydrogens is 379 g/mol. The summed E-state index contributed by atoms with van der Waals surface area (Å²) in [6, 6.07) is 1.21. The molecule has 2 saturated carbocycles. The molecule has 7 heteroatoms. The molecule has 1 amide bonds. The molecule has 5 nitrogen and oxygen atoms in total. The zero-order chi connectivity index (χ0) is 17.1. The summed E-state index contributed by atoms with van der Waals surface area (Å²) in [7, 11) is 1.35. The molecular formula is C17H16BrFN2O3. The number of hydrogen-bond acceptors (Lipinski definition) is 4. The van der Waals surface area contributed by atoms with E-state index in [9.17, 15) is 14.0 Å². The van der Waals surface area contributed by atoms with Gasteiger partial charge in [-0.05, 0) is 46.0 Å². The molecule has 0 radical (unpaired) electrons. The lowest BCUT2D eigenvalue weighted by Gasteiger charge is -2.24. The van der Waals surface area contributed by atoms with Crippen molar-refractivity contribution in [1.29, 1.82) is 0 Å². The summed E-state index contributed by atoms with van der Waals surface area (Å²) in [5.41, 5.74) is 0.324. The van der Waals surface area contributed by atoms with Crippen molar-refractivity contribution < 1.29 is 18.7 Å². The first-order chi connectivity index (χ1) is 11.5. The van der Waals surface area contributed by atoms with Crippen LogP contribution in [0, 0.1) is 34.9 Å². The average Bonchev–Trinajstić information content (AvgIpc) is 3.23. The zero-order valence-electron chi connectivity index (χ0n) is 13.0. The third kappa shape index (κ3) is 2.13. The van der Waals surface area contributed by atoms with Crippen molar-refractivity contribution in [2.24, 2.45) is 29.1 Å². The molecule has 1 spiro atoms. The van der Waals surface area contributed by atoms with Gasteiger partial charge in [-0.3, -0.25) is 9.59 Å². The molecule has 126 valence electrons. The van der Waals surface area contributed by atoms with Gasteiger partial charge in [-0.1, -0.05) is 12.2 Å². The number of carbonyl (C=O) groups is 2. The fourth-order valence-electron chi connectivity index (χ4n) is 4.53. The largest absolute Gasteiger partial charge is 0.469 e. The van der Waals surface area contributed by atoms with E-state index < -0.39 is 17.7 Å². The van der Waals surface area contributed by atoms with E-state index in [1.54, 1.807) is 0 Å². The number of carbonyl (C=O) groups excluding carboxylic acids is 2. The standard InChI is InChI=1S/C17H16BrFN2O3/c1-24-16(23)13-10-3-2-9(17(10)4-5-17)12(13)15(22)21-8-6-11(19)14(18)20-7-8/h2-3,6-7,9-10,12-13H,4-5H2,1H3,(H,21,22)/t9-,10+,12+,13+/m0/s1. The summed E-state index contributed by atoms with van der Waals surface area (Å²) in [4.78, 5) is 28.9. The number of methoxy groups -OCH3 is 1. The van der Waals surface area contributed by atoms with E-state index in [-0.39, 0.29) is 39.4 Å². The Hall–Kier alpha value is -1.76. The zero-order valence-corrected chi connectivity index (χ0v) is 14.5. The minimum atomic E-state index is -0.552. The monoisotopic (exact) mass is 394 g/mol. The molecule has 1 N–H and O–H groups in total. The number of pyridine rings is 1. The van der Waals surface area contributed by atoms with E-state index in [0.717, 1.165) is 12.8 Å². The van der Waals surface area contributed by atoms with Gasteiger partial charge in [-0.2, -0.15) is 0 Å². The van der Waals surface area contributed by atoms with E-state index in [0.29, 0.717) is 0 Å². The van der Waals surface area contributed by atoms with E-state index in [1.807, 2.05) is 0 Å². The SMILES string of the molecule is COC(=O)[C@H]1[C@H](C(=O)Nc2cnc(Br)c(F)c2)[C@@H]2C=C[C@H]1C21CC1. The average molecular weight is 395 g/mol. The Kier molecular flexibility index (Phi) is 3.53. The highest BCUT2D eigenvalue weighted by Crippen LogP contribution is 2.72. The highest BCUT2D eigenvalue weighted by Gasteiger charge is 2.70. The first-order valence-electron chi connectivity index (χ1n) is 7.86. The molecule has 1 aromatic rings. The van der Waals surface area contributed by atoms with Gasteiger partial charge in [-0.15, -0.1) is 0 Å². The summed E-state index contributed by atoms with van der Waals surface area (Å²) < 4.78 is 18.6. The first-order valence-corrected chi connectivity index (χ1v) is 8.65. The summed E-state index contributed by atoms with van der Waals surface area (Å²) in [5, 5.41) is 2.71. The summed E-state index contributed by atoms with van der Waals surface area (Å²) in [6.07, 6.45) is 7.56. The maximum Gasteiger partial charge on any atom is 0.310 e. The van der Waals surface area contributed by atoms with Crippen molar-refractivity contribution >= 4 is 33.5 Å². The second-order valence-corrected chi connectivity index (χ2v) is 7.48. The van der Waals surface area contributed by atoms with E-state index in [2.05, 4.69) is 38.4 Å². The molecule has 2 fully saturated rings. The highest BCUT2D eigenvalue weighted by atomic mass is 79.9. The van der Waals surface area contributed by atoms with Crippen LogP contribution in [-0.4, -0.2) is 24.0 Å². The van der Waals surface area contributed by atoms with Crippen molar-refractivity contribution in [3.8, 4) is 0 Å². The quantitative estimate of drug-likeness (QED) is 0.486. The number of anilines is 1. The Morgan fingerprint density at radius 2 is 2.00 bits per heavy atom. The van der Waals surface area contributed by atoms with Crippen molar-refractivity contribution in [1.82, 2.24) is 4.98 Å². The third-order valence-corrected chi connectivity index (χ3v) is 6.26. The topological polar surface area (TPSA) is 68.3 Å². The van der Waals surface area contributed by atoms with Crippen molar-refractivity contribution in [3.63, 3.8) is 0 Å². The molecule has 0 unspecified atom stereocenters. The minimum absolute atomic E-state index is 0.0415. The van der Waals surface area contributed by atoms with Crippen LogP contribution in [0.4, 0.5) is 10.1 Å². The van der Waals surface area contributed by atoms with Gasteiger partial charge < -0.3 is 10.1 Å². The Morgan fingerprint density at radius 3 is 2.58 bits per heavy atom. The maximum absolute atomic E-state index is 13.6. The number of amides is 1. The number of aromatic nitrogens is 1. The summed E-state index contributed by atoms with van der Waals surface area (Å²) >= 11 is 2.98. The van der Waals surface area contributed by atoms with E-state index in [4.69, 9.17) is 4.74 Å². The fourth-order valence-corrected chi connectivity index (χ4v) is 4.74. The van der Waals surface area contributed by atoms with Crippen LogP contribution in [0.25, 0.3) is 0 Å². The Balaban J connectivity index is 1.61. The molecule has 3 aliphatic rings. The van der Waals surface area contributed by atoms with Crippen LogP contribution in [-0.2, 0) is 14.3 Å². The summed E-state index contributed by atoms with van der Waals surface area (Å²) in [6.45, 7) is 0. The van der Waals surface area contributed by atoms with E-state index >= 15 is 0 Å². The Bertz CT molecular complexity index is 762. The second-order valence-electron chi connectivity index (χ2n) is 6.73. The number of allylic oxidation sites excluding steroid dienone is 2. The van der Waals surface area contributed by atoms with Gasteiger partial charge in [0.2, 0.25) is 5.91 Å². The smallest absolute Gasteiger partial charge is 0.310 e. The number of nitrogens with one attached hydrogen (secondary N) is 1. The van der Waals surface area contributed by atoms with Gasteiger partial charge in [0, 0.05) is 6.07 Å². The number of esters is 1. The van der Waals surface area contributed by atoms with Crippen LogP contribution in [0.3, 0.4) is 0 Å². The molecule has 4 rings (SSSR count). The number of rotatable bonds is 3. The number of hydrogen-bond donors (Lipinski definition) is 1. The van der Waals surface area contributed by atoms with Gasteiger partial charge in [0.25, 0.3) is 0 Å². The lowest BCUT2D eigenvalue weighted by Crippen LogP contribution is -2.37. The van der Waals surface area contributed by atoms with Gasteiger partial charge >= 0.3 is 5.97 Å². The van der Waals surface area contributed by atoms with Crippen molar-refractivity contribution in [2.45, 2.75) is 12.8 Å². The predicted molar refractivity (Wildman–Crippen MR) is 87.3 cm³/mol. The lowest BCUT2D eigenvalue weighted by molar-refractivity contribution is -0.150. The molecule has 2 bridgehead atoms. The number of ether oxygens (including phenoxy) is 1. The van der Waals surface area contributed by atoms with Gasteiger partial charge in [0.15, 0.2) is 5.82 Å². The van der Waals surface area contributed by atoms with Crippen molar-refractivity contribution in [2.75, 3.05) is 12.4 Å². The molecule has 4 atom stereocenters. The van der Waals surface area contributed by atoms with Crippen LogP contribution in [0.5, 0.6) is 0 Å². The Morgan fingerprint density at radius 1 is 1.33 bits per heavy atom. The maximum atomic E-state index is 13.6. The third-order valence-electron chi connectivity index (χ3n) is 5.68. The molecule has 3 aliphatic carbocycles. The van der Waals surface area contributed by atoms with Crippen LogP contribution in [0.2, 0.25) is 0 Å². The number of nitrogens with zero attached hydrogens (tertiary/aromatic N) is 1. The van der Waals surface area contributed by atoms with Crippen molar-refractivity contribution in [3.05, 3.63) is 34.8 Å². The normalized spacial score (nSPS) is 31.3. The van der Waals surface area contributed by atoms with Crippen LogP contribution in [0.1, 0.15) is 12.8 Å². The van der Waals surface area contributed by atoms with Crippen LogP contribution >= 0.6 is 15.9 Å². The highest BCUT2D eigenvalue weighted by molar-refractivity contribution is 9.10.